The summed E-state index contributed by atoms with van der Waals surface area (Å²) in [5.41, 5.74) is 0.647. The molecule has 0 aromatic heterocycles. The van der Waals surface area contributed by atoms with Crippen LogP contribution in [0, 0.1) is 21.4 Å². The van der Waals surface area contributed by atoms with Crippen molar-refractivity contribution >= 4 is 204 Å². The number of hydrogen-bond donors (Lipinski definition) is 4. The van der Waals surface area contributed by atoms with Gasteiger partial charge in [-0.25, -0.2) is 18.0 Å². The number of anilines is 4. The normalized spacial score (nSPS) is 10.7. The summed E-state index contributed by atoms with van der Waals surface area (Å²) in [4.78, 5) is 77.6. The van der Waals surface area contributed by atoms with Gasteiger partial charge < -0.3 is 30.6 Å². The van der Waals surface area contributed by atoms with Crippen molar-refractivity contribution in [3.05, 3.63) is 32.5 Å². The summed E-state index contributed by atoms with van der Waals surface area (Å²) < 4.78 is 27.6. The molecular formula is C28H28I6N4Na2O10S+2. The molecule has 14 nitrogen and oxygen atoms in total. The van der Waals surface area contributed by atoms with E-state index in [1.807, 2.05) is 90.4 Å². The molecule has 0 fully saturated rings. The molecule has 2 aromatic rings. The Labute approximate surface area is 421 Å². The van der Waals surface area contributed by atoms with Crippen molar-refractivity contribution in [2.45, 2.75) is 40.5 Å². The van der Waals surface area contributed by atoms with Crippen LogP contribution >= 0.6 is 136 Å². The van der Waals surface area contributed by atoms with E-state index in [4.69, 9.17) is 0 Å². The van der Waals surface area contributed by atoms with Gasteiger partial charge in [0.25, 0.3) is 0 Å². The van der Waals surface area contributed by atoms with E-state index >= 15 is 0 Å². The number of carbonyl (C=O) groups excluding carboxylic acids is 4. The molecule has 0 unspecified atom stereocenters. The zero-order chi connectivity index (χ0) is 37.7. The molecule has 0 bridgehead atoms. The fourth-order valence-corrected chi connectivity index (χ4v) is 14.6. The van der Waals surface area contributed by atoms with Crippen LogP contribution < -0.4 is 79.5 Å². The predicted octanol–water partition coefficient (Wildman–Crippen LogP) is 0.236. The van der Waals surface area contributed by atoms with E-state index in [1.54, 1.807) is 59.0 Å². The van der Waals surface area contributed by atoms with E-state index in [2.05, 4.69) is 10.6 Å². The van der Waals surface area contributed by atoms with Gasteiger partial charge in [-0.2, -0.15) is 0 Å². The van der Waals surface area contributed by atoms with Gasteiger partial charge in [0, 0.05) is 39.8 Å². The van der Waals surface area contributed by atoms with Gasteiger partial charge in [0.05, 0.1) is 66.8 Å². The molecule has 0 aliphatic heterocycles. The number of carboxylic acids is 2. The average molecular weight is 1420 g/mol. The quantitative estimate of drug-likeness (QED) is 0.150. The summed E-state index contributed by atoms with van der Waals surface area (Å²) in [7, 11) is -3.95. The summed E-state index contributed by atoms with van der Waals surface area (Å²) in [6.45, 7) is 6.57. The zero-order valence-electron chi connectivity index (χ0n) is 28.0. The van der Waals surface area contributed by atoms with E-state index in [9.17, 15) is 47.4 Å². The van der Waals surface area contributed by atoms with Crippen molar-refractivity contribution < 1.29 is 107 Å². The smallest absolute Gasteiger partial charge is 0.478 e. The first-order chi connectivity index (χ1) is 22.6. The van der Waals surface area contributed by atoms with Crippen LogP contribution in [0.5, 0.6) is 0 Å². The minimum Gasteiger partial charge on any atom is -0.478 e. The first-order valence-electron chi connectivity index (χ1n) is 13.9. The number of carboxylic acid groups (broad SMARTS) is 2. The fraction of sp³-hybridized carbons (Fsp3) is 0.357. The molecule has 0 atom stereocenters. The predicted molar refractivity (Wildman–Crippen MR) is 236 cm³/mol. The van der Waals surface area contributed by atoms with Gasteiger partial charge in [0.1, 0.15) is 0 Å². The molecule has 0 aliphatic rings. The van der Waals surface area contributed by atoms with Crippen LogP contribution in [0.15, 0.2) is 0 Å². The largest absolute Gasteiger partial charge is 1.00 e. The maximum Gasteiger partial charge on any atom is 1.00 e. The van der Waals surface area contributed by atoms with Crippen LogP contribution in [0.4, 0.5) is 22.7 Å². The van der Waals surface area contributed by atoms with Crippen molar-refractivity contribution in [2.24, 2.45) is 0 Å². The summed E-state index contributed by atoms with van der Waals surface area (Å²) >= 11 is 11.1. The number of rotatable bonds is 14. The summed E-state index contributed by atoms with van der Waals surface area (Å²) in [6, 6.07) is 0. The van der Waals surface area contributed by atoms with Crippen molar-refractivity contribution in [2.75, 3.05) is 45.0 Å². The van der Waals surface area contributed by atoms with Crippen LogP contribution in [-0.4, -0.2) is 78.8 Å². The molecule has 0 aliphatic carbocycles. The molecule has 0 spiro atoms. The maximum absolute atomic E-state index is 13.0. The van der Waals surface area contributed by atoms with E-state index in [1.165, 1.54) is 23.6 Å². The van der Waals surface area contributed by atoms with Crippen molar-refractivity contribution in [1.82, 2.24) is 0 Å². The second-order valence-electron chi connectivity index (χ2n) is 9.97. The van der Waals surface area contributed by atoms with Gasteiger partial charge in [-0.15, -0.1) is 0 Å². The van der Waals surface area contributed by atoms with Crippen LogP contribution in [0.2, 0.25) is 0 Å². The first-order valence-corrected chi connectivity index (χ1v) is 22.2. The first kappa shape index (κ1) is 52.6. The van der Waals surface area contributed by atoms with Crippen molar-refractivity contribution in [3.63, 3.8) is 0 Å². The SMILES string of the molecule is CCN(C(C)=O)c1c(I)c(NC(=O)CCS(=O)(=O)CCC(=O)Nc2c(I)c(C(=O)O)c(I)c(N(CC)C(C)=O)c2I)c(I)c(C(=O)O)c1I.[Na+].[Na+]. The molecular weight excluding hydrogens is 1390 g/mol. The minimum atomic E-state index is -3.95. The Kier molecular flexibility index (Phi) is 23.8. The molecule has 268 valence electrons. The Morgan fingerprint density at radius 2 is 0.882 bits per heavy atom. The molecule has 0 saturated carbocycles. The minimum absolute atomic E-state index is 0. The van der Waals surface area contributed by atoms with Crippen LogP contribution in [0.1, 0.15) is 61.3 Å². The van der Waals surface area contributed by atoms with Gasteiger partial charge in [0.2, 0.25) is 23.6 Å². The van der Waals surface area contributed by atoms with Crippen LogP contribution in [0.25, 0.3) is 0 Å². The third-order valence-corrected chi connectivity index (χ3v) is 14.8. The average Bonchev–Trinajstić information content (AvgIpc) is 2.99. The number of halogens is 6. The maximum atomic E-state index is 13.0. The fourth-order valence-electron chi connectivity index (χ4n) is 4.45. The Balaban J connectivity index is 0.0000125. The van der Waals surface area contributed by atoms with Gasteiger partial charge in [-0.3, -0.25) is 19.2 Å². The number of hydrogen-bond acceptors (Lipinski definition) is 8. The Hall–Kier alpha value is 1.59. The standard InChI is InChI=1S/C28H28I6N4O10S.2Na/c1-5-37(11(3)39)25-19(31)15(27(43)44)17(29)23(21(25)33)35-13(41)7-9-49(47,48)10-8-14(42)36-24-18(30)16(28(45)46)20(32)26(22(24)34)38(6-2)12(4)40;;/h5-10H2,1-4H3,(H,35,41)(H,36,42)(H,43,44)(H,45,46);;/q;2*+1. The molecule has 51 heavy (non-hydrogen) atoms. The van der Waals surface area contributed by atoms with E-state index < -0.39 is 57.9 Å². The van der Waals surface area contributed by atoms with Gasteiger partial charge >= 0.3 is 71.1 Å². The summed E-state index contributed by atoms with van der Waals surface area (Å²) in [5.74, 6) is -5.89. The number of aromatic carboxylic acids is 2. The Morgan fingerprint density at radius 3 is 1.12 bits per heavy atom. The molecule has 4 amide bonds. The molecule has 23 heteroatoms. The van der Waals surface area contributed by atoms with Crippen LogP contribution in [-0.2, 0) is 29.0 Å². The van der Waals surface area contributed by atoms with Gasteiger partial charge in [-0.05, 0) is 149 Å². The Bertz CT molecular complexity index is 1740. The zero-order valence-corrected chi connectivity index (χ0v) is 45.7. The van der Waals surface area contributed by atoms with E-state index in [0.717, 1.165) is 0 Å². The van der Waals surface area contributed by atoms with Crippen molar-refractivity contribution in [1.29, 1.82) is 0 Å². The Morgan fingerprint density at radius 1 is 0.588 bits per heavy atom. The number of nitrogens with zero attached hydrogens (tertiary/aromatic N) is 2. The second kappa shape index (κ2) is 23.1. The van der Waals surface area contributed by atoms with E-state index in [-0.39, 0.29) is 114 Å². The van der Waals surface area contributed by atoms with E-state index in [0.29, 0.717) is 25.7 Å². The molecule has 0 radical (unpaired) electrons. The third-order valence-electron chi connectivity index (χ3n) is 6.76. The van der Waals surface area contributed by atoms with Gasteiger partial charge in [-0.1, -0.05) is 0 Å². The monoisotopic (exact) mass is 1420 g/mol. The molecule has 4 N–H and O–H groups in total. The third kappa shape index (κ3) is 13.3. The van der Waals surface area contributed by atoms with Crippen LogP contribution in [0.3, 0.4) is 0 Å². The van der Waals surface area contributed by atoms with Gasteiger partial charge in [0.15, 0.2) is 9.84 Å². The summed E-state index contributed by atoms with van der Waals surface area (Å²) in [5, 5.41) is 25.0. The number of amides is 4. The summed E-state index contributed by atoms with van der Waals surface area (Å²) in [6.07, 6.45) is -1.000. The molecule has 0 heterocycles. The molecule has 2 rings (SSSR count). The number of benzene rings is 2. The number of sulfone groups is 1. The number of nitrogens with one attached hydrogen (secondary N) is 2. The topological polar surface area (TPSA) is 208 Å². The second-order valence-corrected chi connectivity index (χ2v) is 18.7. The molecule has 0 saturated heterocycles. The molecule has 2 aromatic carbocycles. The number of carbonyl (C=O) groups is 6. The van der Waals surface area contributed by atoms with Crippen molar-refractivity contribution in [3.8, 4) is 0 Å².